The van der Waals surface area contributed by atoms with Crippen LogP contribution in [0.5, 0.6) is 5.75 Å². The lowest BCUT2D eigenvalue weighted by Gasteiger charge is -2.23. The van der Waals surface area contributed by atoms with Crippen LogP contribution in [0.15, 0.2) is 12.1 Å². The van der Waals surface area contributed by atoms with Gasteiger partial charge in [-0.3, -0.25) is 4.98 Å². The minimum Gasteiger partial charge on any atom is -0.489 e. The Balaban J connectivity index is 1.98. The fourth-order valence-corrected chi connectivity index (χ4v) is 2.39. The van der Waals surface area contributed by atoms with Gasteiger partial charge in [-0.2, -0.15) is 0 Å². The lowest BCUT2D eigenvalue weighted by molar-refractivity contribution is -0.0113. The van der Waals surface area contributed by atoms with Gasteiger partial charge in [0.05, 0.1) is 11.8 Å². The molecule has 2 unspecified atom stereocenters. The van der Waals surface area contributed by atoms with Crippen molar-refractivity contribution in [2.75, 3.05) is 13.2 Å². The zero-order valence-corrected chi connectivity index (χ0v) is 12.6. The molecule has 4 nitrogen and oxygen atoms in total. The summed E-state index contributed by atoms with van der Waals surface area (Å²) in [5.74, 6) is 0.855. The first-order valence-corrected chi connectivity index (χ1v) is 7.65. The van der Waals surface area contributed by atoms with E-state index in [1.165, 1.54) is 12.8 Å². The number of aromatic nitrogens is 1. The van der Waals surface area contributed by atoms with Crippen molar-refractivity contribution in [3.63, 3.8) is 0 Å². The van der Waals surface area contributed by atoms with Gasteiger partial charge >= 0.3 is 0 Å². The van der Waals surface area contributed by atoms with Gasteiger partial charge in [0.1, 0.15) is 12.4 Å². The first-order chi connectivity index (χ1) is 9.69. The SMILES string of the molecule is CCC(N)Cc1nc(C)ccc1OCC1CCCCO1. The highest BCUT2D eigenvalue weighted by Crippen LogP contribution is 2.21. The largest absolute Gasteiger partial charge is 0.489 e. The van der Waals surface area contributed by atoms with Gasteiger partial charge in [0.15, 0.2) is 0 Å². The van der Waals surface area contributed by atoms with Crippen molar-refractivity contribution in [2.45, 2.75) is 58.1 Å². The Hall–Kier alpha value is -1.13. The van der Waals surface area contributed by atoms with Crippen molar-refractivity contribution in [3.05, 3.63) is 23.5 Å². The Morgan fingerprint density at radius 3 is 3.00 bits per heavy atom. The summed E-state index contributed by atoms with van der Waals surface area (Å²) >= 11 is 0. The molecule has 1 aliphatic heterocycles. The fraction of sp³-hybridized carbons (Fsp3) is 0.688. The Kier molecular flexibility index (Phi) is 5.80. The van der Waals surface area contributed by atoms with Crippen LogP contribution in [0.3, 0.4) is 0 Å². The van der Waals surface area contributed by atoms with E-state index in [2.05, 4.69) is 11.9 Å². The summed E-state index contributed by atoms with van der Waals surface area (Å²) in [7, 11) is 0. The first kappa shape index (κ1) is 15.3. The normalized spacial score (nSPS) is 20.6. The molecule has 0 aromatic carbocycles. The zero-order valence-electron chi connectivity index (χ0n) is 12.6. The molecule has 1 aromatic heterocycles. The van der Waals surface area contributed by atoms with E-state index in [0.717, 1.165) is 43.0 Å². The highest BCUT2D eigenvalue weighted by Gasteiger charge is 2.16. The number of aryl methyl sites for hydroxylation is 1. The average molecular weight is 278 g/mol. The average Bonchev–Trinajstić information content (AvgIpc) is 2.47. The molecule has 0 bridgehead atoms. The molecule has 112 valence electrons. The number of nitrogens with two attached hydrogens (primary N) is 1. The molecule has 2 N–H and O–H groups in total. The molecule has 1 saturated heterocycles. The van der Waals surface area contributed by atoms with Gasteiger partial charge < -0.3 is 15.2 Å². The molecule has 0 amide bonds. The Morgan fingerprint density at radius 1 is 1.45 bits per heavy atom. The second-order valence-corrected chi connectivity index (χ2v) is 5.57. The van der Waals surface area contributed by atoms with Gasteiger partial charge in [-0.25, -0.2) is 0 Å². The molecule has 20 heavy (non-hydrogen) atoms. The summed E-state index contributed by atoms with van der Waals surface area (Å²) in [5, 5.41) is 0. The van der Waals surface area contributed by atoms with Crippen molar-refractivity contribution < 1.29 is 9.47 Å². The summed E-state index contributed by atoms with van der Waals surface area (Å²) in [6.45, 7) is 5.55. The topological polar surface area (TPSA) is 57.4 Å². The van der Waals surface area contributed by atoms with E-state index in [4.69, 9.17) is 15.2 Å². The standard InChI is InChI=1S/C16H26N2O2/c1-3-13(17)10-15-16(8-7-12(2)18-15)20-11-14-6-4-5-9-19-14/h7-8,13-14H,3-6,9-11,17H2,1-2H3. The van der Waals surface area contributed by atoms with Crippen LogP contribution in [-0.4, -0.2) is 30.3 Å². The molecular weight excluding hydrogens is 252 g/mol. The molecule has 2 atom stereocenters. The Bertz CT molecular complexity index is 417. The molecule has 1 aliphatic rings. The monoisotopic (exact) mass is 278 g/mol. The van der Waals surface area contributed by atoms with E-state index in [0.29, 0.717) is 6.61 Å². The number of nitrogens with zero attached hydrogens (tertiary/aromatic N) is 1. The van der Waals surface area contributed by atoms with Gasteiger partial charge in [-0.1, -0.05) is 6.92 Å². The minimum atomic E-state index is 0.137. The highest BCUT2D eigenvalue weighted by molar-refractivity contribution is 5.30. The van der Waals surface area contributed by atoms with Crippen LogP contribution in [0.2, 0.25) is 0 Å². The minimum absolute atomic E-state index is 0.137. The second kappa shape index (κ2) is 7.60. The van der Waals surface area contributed by atoms with Gasteiger partial charge in [0, 0.05) is 24.8 Å². The first-order valence-electron chi connectivity index (χ1n) is 7.65. The smallest absolute Gasteiger partial charge is 0.141 e. The van der Waals surface area contributed by atoms with E-state index in [-0.39, 0.29) is 12.1 Å². The number of ether oxygens (including phenoxy) is 2. The third-order valence-electron chi connectivity index (χ3n) is 3.75. The molecule has 0 spiro atoms. The summed E-state index contributed by atoms with van der Waals surface area (Å²) in [5.41, 5.74) is 8.01. The summed E-state index contributed by atoms with van der Waals surface area (Å²) in [6.07, 6.45) is 5.41. The number of hydrogen-bond acceptors (Lipinski definition) is 4. The molecule has 1 aromatic rings. The summed E-state index contributed by atoms with van der Waals surface area (Å²) in [4.78, 5) is 4.58. The zero-order chi connectivity index (χ0) is 14.4. The van der Waals surface area contributed by atoms with Crippen LogP contribution in [-0.2, 0) is 11.2 Å². The van der Waals surface area contributed by atoms with Crippen LogP contribution >= 0.6 is 0 Å². The molecule has 1 fully saturated rings. The molecule has 2 heterocycles. The fourth-order valence-electron chi connectivity index (χ4n) is 2.39. The third kappa shape index (κ3) is 4.46. The molecular formula is C16H26N2O2. The molecule has 0 radical (unpaired) electrons. The van der Waals surface area contributed by atoms with Gasteiger partial charge in [0.25, 0.3) is 0 Å². The van der Waals surface area contributed by atoms with Crippen molar-refractivity contribution in [1.82, 2.24) is 4.98 Å². The van der Waals surface area contributed by atoms with Crippen LogP contribution in [0.25, 0.3) is 0 Å². The molecule has 0 aliphatic carbocycles. The number of rotatable bonds is 6. The molecule has 2 rings (SSSR count). The second-order valence-electron chi connectivity index (χ2n) is 5.57. The predicted molar refractivity (Wildman–Crippen MR) is 80.0 cm³/mol. The van der Waals surface area contributed by atoms with Crippen LogP contribution in [0.4, 0.5) is 0 Å². The van der Waals surface area contributed by atoms with Crippen molar-refractivity contribution in [3.8, 4) is 5.75 Å². The Labute approximate surface area is 121 Å². The quantitative estimate of drug-likeness (QED) is 0.869. The molecule has 0 saturated carbocycles. The maximum Gasteiger partial charge on any atom is 0.141 e. The molecule has 4 heteroatoms. The van der Waals surface area contributed by atoms with Gasteiger partial charge in [0.2, 0.25) is 0 Å². The van der Waals surface area contributed by atoms with Crippen LogP contribution in [0, 0.1) is 6.92 Å². The number of hydrogen-bond donors (Lipinski definition) is 1. The third-order valence-corrected chi connectivity index (χ3v) is 3.75. The maximum atomic E-state index is 6.04. The lowest BCUT2D eigenvalue weighted by Crippen LogP contribution is -2.27. The van der Waals surface area contributed by atoms with Crippen molar-refractivity contribution >= 4 is 0 Å². The summed E-state index contributed by atoms with van der Waals surface area (Å²) < 4.78 is 11.6. The van der Waals surface area contributed by atoms with E-state index in [9.17, 15) is 0 Å². The Morgan fingerprint density at radius 2 is 2.30 bits per heavy atom. The number of pyridine rings is 1. The van der Waals surface area contributed by atoms with Crippen molar-refractivity contribution in [1.29, 1.82) is 0 Å². The lowest BCUT2D eigenvalue weighted by atomic mass is 10.1. The highest BCUT2D eigenvalue weighted by atomic mass is 16.5. The van der Waals surface area contributed by atoms with E-state index in [1.54, 1.807) is 0 Å². The van der Waals surface area contributed by atoms with Gasteiger partial charge in [-0.05, 0) is 44.7 Å². The van der Waals surface area contributed by atoms with Crippen molar-refractivity contribution in [2.24, 2.45) is 5.73 Å². The van der Waals surface area contributed by atoms with E-state index < -0.39 is 0 Å². The predicted octanol–water partition coefficient (Wildman–Crippen LogP) is 2.62. The van der Waals surface area contributed by atoms with Gasteiger partial charge in [-0.15, -0.1) is 0 Å². The maximum absolute atomic E-state index is 6.04. The van der Waals surface area contributed by atoms with Crippen LogP contribution in [0.1, 0.15) is 44.0 Å². The van der Waals surface area contributed by atoms with Crippen LogP contribution < -0.4 is 10.5 Å². The summed E-state index contributed by atoms with van der Waals surface area (Å²) in [6, 6.07) is 4.12. The van der Waals surface area contributed by atoms with E-state index >= 15 is 0 Å². The van der Waals surface area contributed by atoms with E-state index in [1.807, 2.05) is 19.1 Å².